The standard InChI is InChI=1S/C12H23NO/c1-11(2,3)12(4,5)13-8-6-10(14)7-9-13/h6-9H2,1-5H3. The van der Waals surface area contributed by atoms with Gasteiger partial charge in [0.2, 0.25) is 0 Å². The Morgan fingerprint density at radius 2 is 1.43 bits per heavy atom. The lowest BCUT2D eigenvalue weighted by Gasteiger charge is -2.49. The van der Waals surface area contributed by atoms with E-state index in [9.17, 15) is 4.79 Å². The summed E-state index contributed by atoms with van der Waals surface area (Å²) in [6, 6.07) is 0. The van der Waals surface area contributed by atoms with E-state index in [1.165, 1.54) is 0 Å². The second-order valence-corrected chi connectivity index (χ2v) is 5.83. The Morgan fingerprint density at radius 1 is 1.00 bits per heavy atom. The van der Waals surface area contributed by atoms with E-state index < -0.39 is 0 Å². The maximum Gasteiger partial charge on any atom is 0.135 e. The normalized spacial score (nSPS) is 21.4. The van der Waals surface area contributed by atoms with Gasteiger partial charge in [0, 0.05) is 31.5 Å². The van der Waals surface area contributed by atoms with Gasteiger partial charge in [0.15, 0.2) is 0 Å². The third kappa shape index (κ3) is 2.17. The van der Waals surface area contributed by atoms with Crippen molar-refractivity contribution in [2.45, 2.75) is 53.0 Å². The van der Waals surface area contributed by atoms with Gasteiger partial charge in [-0.25, -0.2) is 0 Å². The van der Waals surface area contributed by atoms with Gasteiger partial charge in [-0.3, -0.25) is 9.69 Å². The van der Waals surface area contributed by atoms with Crippen LogP contribution in [0.25, 0.3) is 0 Å². The van der Waals surface area contributed by atoms with E-state index in [1.807, 2.05) is 0 Å². The van der Waals surface area contributed by atoms with Crippen LogP contribution in [-0.4, -0.2) is 29.3 Å². The average Bonchev–Trinajstić information content (AvgIpc) is 2.03. The fourth-order valence-corrected chi connectivity index (χ4v) is 1.79. The predicted molar refractivity (Wildman–Crippen MR) is 59.3 cm³/mol. The first-order valence-electron chi connectivity index (χ1n) is 5.52. The zero-order chi connectivity index (χ0) is 11.0. The monoisotopic (exact) mass is 197 g/mol. The van der Waals surface area contributed by atoms with Gasteiger partial charge in [-0.15, -0.1) is 0 Å². The molecule has 1 rings (SSSR count). The number of carbonyl (C=O) groups excluding carboxylic acids is 1. The molecule has 0 aromatic heterocycles. The van der Waals surface area contributed by atoms with E-state index in [0.717, 1.165) is 25.9 Å². The molecular formula is C12H23NO. The summed E-state index contributed by atoms with van der Waals surface area (Å²) in [5.74, 6) is 0.422. The van der Waals surface area contributed by atoms with E-state index in [2.05, 4.69) is 39.5 Å². The Balaban J connectivity index is 2.69. The molecule has 0 spiro atoms. The summed E-state index contributed by atoms with van der Waals surface area (Å²) >= 11 is 0. The molecule has 82 valence electrons. The van der Waals surface area contributed by atoms with Crippen LogP contribution in [0.4, 0.5) is 0 Å². The van der Waals surface area contributed by atoms with Crippen LogP contribution < -0.4 is 0 Å². The molecule has 0 atom stereocenters. The van der Waals surface area contributed by atoms with Gasteiger partial charge < -0.3 is 0 Å². The van der Waals surface area contributed by atoms with Crippen molar-refractivity contribution in [3.63, 3.8) is 0 Å². The number of ketones is 1. The van der Waals surface area contributed by atoms with Crippen molar-refractivity contribution in [3.8, 4) is 0 Å². The molecule has 0 saturated carbocycles. The first kappa shape index (κ1) is 11.7. The van der Waals surface area contributed by atoms with Crippen molar-refractivity contribution in [2.75, 3.05) is 13.1 Å². The molecule has 0 aromatic rings. The highest BCUT2D eigenvalue weighted by Crippen LogP contribution is 2.36. The molecule has 1 saturated heterocycles. The first-order chi connectivity index (χ1) is 6.25. The van der Waals surface area contributed by atoms with E-state index >= 15 is 0 Å². The quantitative estimate of drug-likeness (QED) is 0.643. The van der Waals surface area contributed by atoms with Gasteiger partial charge >= 0.3 is 0 Å². The van der Waals surface area contributed by atoms with Crippen LogP contribution in [-0.2, 0) is 4.79 Å². The molecule has 1 fully saturated rings. The van der Waals surface area contributed by atoms with E-state index in [-0.39, 0.29) is 11.0 Å². The van der Waals surface area contributed by atoms with Crippen LogP contribution in [0.1, 0.15) is 47.5 Å². The van der Waals surface area contributed by atoms with Crippen LogP contribution in [0.2, 0.25) is 0 Å². The third-order valence-corrected chi connectivity index (χ3v) is 3.95. The lowest BCUT2D eigenvalue weighted by Crippen LogP contribution is -2.55. The van der Waals surface area contributed by atoms with Gasteiger partial charge in [0.25, 0.3) is 0 Å². The topological polar surface area (TPSA) is 20.3 Å². The van der Waals surface area contributed by atoms with Crippen molar-refractivity contribution >= 4 is 5.78 Å². The number of piperidine rings is 1. The lowest BCUT2D eigenvalue weighted by molar-refractivity contribution is -0.123. The maximum absolute atomic E-state index is 11.2. The van der Waals surface area contributed by atoms with Crippen LogP contribution >= 0.6 is 0 Å². The largest absolute Gasteiger partial charge is 0.300 e. The minimum absolute atomic E-state index is 0.174. The zero-order valence-electron chi connectivity index (χ0n) is 10.2. The number of hydrogen-bond donors (Lipinski definition) is 0. The molecule has 0 aromatic carbocycles. The van der Waals surface area contributed by atoms with Crippen molar-refractivity contribution in [1.82, 2.24) is 4.90 Å². The highest BCUT2D eigenvalue weighted by atomic mass is 16.1. The zero-order valence-corrected chi connectivity index (χ0v) is 10.2. The van der Waals surface area contributed by atoms with Gasteiger partial charge in [-0.2, -0.15) is 0 Å². The number of likely N-dealkylation sites (tertiary alicyclic amines) is 1. The molecule has 0 N–H and O–H groups in total. The SMILES string of the molecule is CC(C)(C)C(C)(C)N1CCC(=O)CC1. The Morgan fingerprint density at radius 3 is 1.79 bits per heavy atom. The molecule has 1 aliphatic rings. The second kappa shape index (κ2) is 3.65. The summed E-state index contributed by atoms with van der Waals surface area (Å²) in [6.07, 6.45) is 1.47. The number of rotatable bonds is 1. The van der Waals surface area contributed by atoms with Crippen LogP contribution in [0.15, 0.2) is 0 Å². The van der Waals surface area contributed by atoms with E-state index in [1.54, 1.807) is 0 Å². The Hall–Kier alpha value is -0.370. The third-order valence-electron chi connectivity index (χ3n) is 3.95. The second-order valence-electron chi connectivity index (χ2n) is 5.83. The average molecular weight is 197 g/mol. The fraction of sp³-hybridized carbons (Fsp3) is 0.917. The summed E-state index contributed by atoms with van der Waals surface area (Å²) in [4.78, 5) is 13.6. The van der Waals surface area contributed by atoms with Crippen LogP contribution in [0.3, 0.4) is 0 Å². The predicted octanol–water partition coefficient (Wildman–Crippen LogP) is 2.48. The molecule has 2 nitrogen and oxygen atoms in total. The van der Waals surface area contributed by atoms with Gasteiger partial charge in [0.1, 0.15) is 5.78 Å². The number of hydrogen-bond acceptors (Lipinski definition) is 2. The summed E-state index contributed by atoms with van der Waals surface area (Å²) in [7, 11) is 0. The van der Waals surface area contributed by atoms with Gasteiger partial charge in [-0.1, -0.05) is 20.8 Å². The van der Waals surface area contributed by atoms with Crippen LogP contribution in [0, 0.1) is 5.41 Å². The Kier molecular flexibility index (Phi) is 3.05. The van der Waals surface area contributed by atoms with Crippen molar-refractivity contribution in [3.05, 3.63) is 0 Å². The molecule has 2 heteroatoms. The number of carbonyl (C=O) groups is 1. The Bertz CT molecular complexity index is 215. The smallest absolute Gasteiger partial charge is 0.135 e. The lowest BCUT2D eigenvalue weighted by atomic mass is 9.74. The highest BCUT2D eigenvalue weighted by Gasteiger charge is 2.39. The van der Waals surface area contributed by atoms with Crippen molar-refractivity contribution in [2.24, 2.45) is 5.41 Å². The minimum Gasteiger partial charge on any atom is -0.300 e. The number of Topliss-reactive ketones (excluding diaryl/α,β-unsaturated/α-hetero) is 1. The maximum atomic E-state index is 11.2. The summed E-state index contributed by atoms with van der Waals surface area (Å²) in [5.41, 5.74) is 0.432. The van der Waals surface area contributed by atoms with Gasteiger partial charge in [0.05, 0.1) is 0 Å². The van der Waals surface area contributed by atoms with Crippen molar-refractivity contribution < 1.29 is 4.79 Å². The Labute approximate surface area is 87.7 Å². The highest BCUT2D eigenvalue weighted by molar-refractivity contribution is 5.79. The summed E-state index contributed by atoms with van der Waals surface area (Å²) < 4.78 is 0. The molecule has 0 bridgehead atoms. The summed E-state index contributed by atoms with van der Waals surface area (Å²) in [6.45, 7) is 13.2. The molecule has 0 radical (unpaired) electrons. The molecule has 0 unspecified atom stereocenters. The van der Waals surface area contributed by atoms with Crippen molar-refractivity contribution in [1.29, 1.82) is 0 Å². The minimum atomic E-state index is 0.174. The molecular weight excluding hydrogens is 174 g/mol. The molecule has 0 amide bonds. The summed E-state index contributed by atoms with van der Waals surface area (Å²) in [5, 5.41) is 0. The first-order valence-corrected chi connectivity index (χ1v) is 5.52. The molecule has 1 heterocycles. The molecule has 1 aliphatic heterocycles. The molecule has 0 aliphatic carbocycles. The van der Waals surface area contributed by atoms with E-state index in [0.29, 0.717) is 5.78 Å². The molecule has 14 heavy (non-hydrogen) atoms. The fourth-order valence-electron chi connectivity index (χ4n) is 1.79. The van der Waals surface area contributed by atoms with Crippen LogP contribution in [0.5, 0.6) is 0 Å². The number of nitrogens with zero attached hydrogens (tertiary/aromatic N) is 1. The van der Waals surface area contributed by atoms with Gasteiger partial charge in [-0.05, 0) is 19.3 Å². The van der Waals surface area contributed by atoms with E-state index in [4.69, 9.17) is 0 Å².